The van der Waals surface area contributed by atoms with Crippen molar-refractivity contribution in [3.05, 3.63) is 28.1 Å². The second kappa shape index (κ2) is 7.75. The van der Waals surface area contributed by atoms with E-state index in [4.69, 9.17) is 4.74 Å². The maximum Gasteiger partial charge on any atom is 0.355 e. The number of ether oxygens (including phenoxy) is 1. The number of likely N-dealkylation sites (tertiary alicyclic amines) is 1. The number of rotatable bonds is 4. The number of aryl methyl sites for hydroxylation is 1. The lowest BCUT2D eigenvalue weighted by Gasteiger charge is -2.24. The molecule has 0 atom stereocenters. The van der Waals surface area contributed by atoms with Crippen LogP contribution in [-0.4, -0.2) is 46.0 Å². The molecule has 0 bridgehead atoms. The Morgan fingerprint density at radius 1 is 1.22 bits per heavy atom. The van der Waals surface area contributed by atoms with Gasteiger partial charge in [0.25, 0.3) is 11.6 Å². The lowest BCUT2D eigenvalue weighted by Crippen LogP contribution is -2.37. The highest BCUT2D eigenvalue weighted by atomic mass is 16.6. The Balaban J connectivity index is 1.90. The van der Waals surface area contributed by atoms with Gasteiger partial charge >= 0.3 is 5.97 Å². The van der Waals surface area contributed by atoms with E-state index in [1.54, 1.807) is 4.90 Å². The fraction of sp³-hybridized carbons (Fsp3) is 0.600. The highest BCUT2D eigenvalue weighted by Crippen LogP contribution is 2.16. The predicted octanol–water partition coefficient (Wildman–Crippen LogP) is 1.88. The number of esters is 1. The number of carbonyl (C=O) groups excluding carboxylic acids is 2. The molecule has 0 unspecified atom stereocenters. The van der Waals surface area contributed by atoms with Crippen LogP contribution >= 0.6 is 0 Å². The number of hydrogen-bond donors (Lipinski definition) is 0. The second-order valence-corrected chi connectivity index (χ2v) is 5.68. The first-order valence-electron chi connectivity index (χ1n) is 7.74. The Morgan fingerprint density at radius 2 is 1.83 bits per heavy atom. The Labute approximate surface area is 134 Å². The van der Waals surface area contributed by atoms with Crippen molar-refractivity contribution in [3.63, 3.8) is 0 Å². The molecular formula is C15H21N3O5. The molecule has 2 heterocycles. The van der Waals surface area contributed by atoms with Crippen LogP contribution < -0.4 is 0 Å². The van der Waals surface area contributed by atoms with Crippen molar-refractivity contribution in [3.8, 4) is 0 Å². The first kappa shape index (κ1) is 17.0. The van der Waals surface area contributed by atoms with Crippen molar-refractivity contribution in [2.75, 3.05) is 19.7 Å². The van der Waals surface area contributed by atoms with Crippen molar-refractivity contribution in [1.82, 2.24) is 9.47 Å². The Hall–Kier alpha value is -2.38. The molecular weight excluding hydrogens is 302 g/mol. The zero-order chi connectivity index (χ0) is 16.8. The molecule has 0 saturated carbocycles. The Morgan fingerprint density at radius 3 is 2.39 bits per heavy atom. The summed E-state index contributed by atoms with van der Waals surface area (Å²) >= 11 is 0. The Bertz CT molecular complexity index is 588. The molecule has 1 aromatic rings. The molecule has 1 saturated heterocycles. The molecule has 0 N–H and O–H groups in total. The van der Waals surface area contributed by atoms with Gasteiger partial charge in [0, 0.05) is 26.2 Å². The normalized spacial score (nSPS) is 15.6. The topological polar surface area (TPSA) is 94.7 Å². The third-order valence-electron chi connectivity index (χ3n) is 3.95. The highest BCUT2D eigenvalue weighted by molar-refractivity contribution is 5.90. The van der Waals surface area contributed by atoms with Crippen LogP contribution in [0.15, 0.2) is 12.3 Å². The van der Waals surface area contributed by atoms with Gasteiger partial charge in [-0.25, -0.2) is 4.79 Å². The fourth-order valence-corrected chi connectivity index (χ4v) is 2.64. The van der Waals surface area contributed by atoms with E-state index < -0.39 is 10.9 Å². The van der Waals surface area contributed by atoms with E-state index in [9.17, 15) is 19.7 Å². The molecule has 1 aliphatic rings. The van der Waals surface area contributed by atoms with E-state index in [2.05, 4.69) is 0 Å². The summed E-state index contributed by atoms with van der Waals surface area (Å²) in [5.41, 5.74) is -0.133. The maximum absolute atomic E-state index is 12.1. The van der Waals surface area contributed by atoms with E-state index in [0.29, 0.717) is 13.1 Å². The van der Waals surface area contributed by atoms with Gasteiger partial charge in [-0.05, 0) is 12.8 Å². The van der Waals surface area contributed by atoms with Crippen LogP contribution in [-0.2, 0) is 16.6 Å². The van der Waals surface area contributed by atoms with Crippen LogP contribution in [0.5, 0.6) is 0 Å². The lowest BCUT2D eigenvalue weighted by atomic mass is 10.1. The van der Waals surface area contributed by atoms with E-state index >= 15 is 0 Å². The third kappa shape index (κ3) is 4.54. The fourth-order valence-electron chi connectivity index (χ4n) is 2.64. The minimum Gasteiger partial charge on any atom is -0.451 e. The Kier molecular flexibility index (Phi) is 5.72. The molecule has 1 fully saturated rings. The molecule has 8 heteroatoms. The summed E-state index contributed by atoms with van der Waals surface area (Å²) in [5.74, 6) is -0.954. The SMILES string of the molecule is Cn1cc([N+](=O)[O-])cc1C(=O)OCC(=O)N1CCCCCCC1. The smallest absolute Gasteiger partial charge is 0.355 e. The zero-order valence-electron chi connectivity index (χ0n) is 13.2. The van der Waals surface area contributed by atoms with Crippen LogP contribution in [0.3, 0.4) is 0 Å². The van der Waals surface area contributed by atoms with Crippen LogP contribution in [0.25, 0.3) is 0 Å². The zero-order valence-corrected chi connectivity index (χ0v) is 13.2. The van der Waals surface area contributed by atoms with E-state index in [1.807, 2.05) is 0 Å². The predicted molar refractivity (Wildman–Crippen MR) is 82.0 cm³/mol. The van der Waals surface area contributed by atoms with Gasteiger partial charge < -0.3 is 14.2 Å². The second-order valence-electron chi connectivity index (χ2n) is 5.68. The molecule has 2 rings (SSSR count). The van der Waals surface area contributed by atoms with E-state index in [1.165, 1.54) is 24.2 Å². The molecule has 8 nitrogen and oxygen atoms in total. The van der Waals surface area contributed by atoms with Crippen LogP contribution in [0.2, 0.25) is 0 Å². The maximum atomic E-state index is 12.1. The molecule has 0 radical (unpaired) electrons. The molecule has 1 amide bonds. The van der Waals surface area contributed by atoms with E-state index in [0.717, 1.165) is 31.7 Å². The number of nitrogens with zero attached hydrogens (tertiary/aromatic N) is 3. The third-order valence-corrected chi connectivity index (χ3v) is 3.95. The molecule has 0 aliphatic carbocycles. The average Bonchev–Trinajstić information content (AvgIpc) is 2.86. The van der Waals surface area contributed by atoms with Gasteiger partial charge in [0.2, 0.25) is 0 Å². The molecule has 1 aromatic heterocycles. The summed E-state index contributed by atoms with van der Waals surface area (Å²) < 4.78 is 6.34. The molecule has 126 valence electrons. The number of hydrogen-bond acceptors (Lipinski definition) is 5. The van der Waals surface area contributed by atoms with Crippen molar-refractivity contribution >= 4 is 17.6 Å². The standard InChI is InChI=1S/C15H21N3O5/c1-16-10-12(18(21)22)9-13(16)15(20)23-11-14(19)17-7-5-3-2-4-6-8-17/h9-10H,2-8,11H2,1H3. The summed E-state index contributed by atoms with van der Waals surface area (Å²) in [6.07, 6.45) is 6.57. The highest BCUT2D eigenvalue weighted by Gasteiger charge is 2.21. The summed E-state index contributed by atoms with van der Waals surface area (Å²) in [6, 6.07) is 1.14. The minimum absolute atomic E-state index is 0.0529. The first-order valence-corrected chi connectivity index (χ1v) is 7.74. The average molecular weight is 323 g/mol. The van der Waals surface area contributed by atoms with Crippen molar-refractivity contribution in [1.29, 1.82) is 0 Å². The van der Waals surface area contributed by atoms with Crippen LogP contribution in [0.4, 0.5) is 5.69 Å². The van der Waals surface area contributed by atoms with Gasteiger partial charge in [0.1, 0.15) is 5.69 Å². The molecule has 23 heavy (non-hydrogen) atoms. The van der Waals surface area contributed by atoms with Gasteiger partial charge in [-0.3, -0.25) is 14.9 Å². The summed E-state index contributed by atoms with van der Waals surface area (Å²) in [7, 11) is 1.52. The van der Waals surface area contributed by atoms with Crippen molar-refractivity contribution < 1.29 is 19.2 Å². The molecule has 0 spiro atoms. The quantitative estimate of drug-likeness (QED) is 0.479. The van der Waals surface area contributed by atoms with Crippen molar-refractivity contribution in [2.24, 2.45) is 7.05 Å². The van der Waals surface area contributed by atoms with Crippen LogP contribution in [0.1, 0.15) is 42.6 Å². The minimum atomic E-state index is -0.735. The summed E-state index contributed by atoms with van der Waals surface area (Å²) in [4.78, 5) is 35.9. The van der Waals surface area contributed by atoms with Gasteiger partial charge in [-0.1, -0.05) is 19.3 Å². The largest absolute Gasteiger partial charge is 0.451 e. The van der Waals surface area contributed by atoms with Gasteiger partial charge in [0.05, 0.1) is 11.1 Å². The number of nitro groups is 1. The van der Waals surface area contributed by atoms with Gasteiger partial charge in [-0.2, -0.15) is 0 Å². The van der Waals surface area contributed by atoms with Gasteiger partial charge in [-0.15, -0.1) is 0 Å². The lowest BCUT2D eigenvalue weighted by molar-refractivity contribution is -0.384. The summed E-state index contributed by atoms with van der Waals surface area (Å²) in [6.45, 7) is 1.04. The number of amides is 1. The number of carbonyl (C=O) groups is 2. The number of aromatic nitrogens is 1. The van der Waals surface area contributed by atoms with Crippen molar-refractivity contribution in [2.45, 2.75) is 32.1 Å². The monoisotopic (exact) mass is 323 g/mol. The molecule has 0 aromatic carbocycles. The van der Waals surface area contributed by atoms with E-state index in [-0.39, 0.29) is 23.9 Å². The molecule has 1 aliphatic heterocycles. The van der Waals surface area contributed by atoms with Gasteiger partial charge in [0.15, 0.2) is 6.61 Å². The first-order chi connectivity index (χ1) is 11.0. The summed E-state index contributed by atoms with van der Waals surface area (Å²) in [5, 5.41) is 10.7. The van der Waals surface area contributed by atoms with Crippen LogP contribution in [0, 0.1) is 10.1 Å².